The molecule has 0 aliphatic heterocycles. The molecule has 114 valence electrons. The molecule has 1 atom stereocenters. The largest absolute Gasteiger partial charge is 0.496 e. The van der Waals surface area contributed by atoms with E-state index in [0.29, 0.717) is 10.2 Å². The van der Waals surface area contributed by atoms with Crippen molar-refractivity contribution in [3.63, 3.8) is 0 Å². The molecule has 0 fully saturated rings. The van der Waals surface area contributed by atoms with E-state index in [1.165, 1.54) is 13.2 Å². The van der Waals surface area contributed by atoms with Gasteiger partial charge in [0.05, 0.1) is 22.6 Å². The minimum absolute atomic E-state index is 0.131. The summed E-state index contributed by atoms with van der Waals surface area (Å²) in [6.45, 7) is 4.76. The van der Waals surface area contributed by atoms with Crippen LogP contribution in [0.15, 0.2) is 22.0 Å². The summed E-state index contributed by atoms with van der Waals surface area (Å²) in [6.07, 6.45) is 0. The number of nitrogens with one attached hydrogen (secondary N) is 1. The van der Waals surface area contributed by atoms with Crippen molar-refractivity contribution < 1.29 is 9.13 Å². The molecule has 0 aliphatic carbocycles. The van der Waals surface area contributed by atoms with Gasteiger partial charge in [-0.3, -0.25) is 0 Å². The fourth-order valence-electron chi connectivity index (χ4n) is 2.14. The summed E-state index contributed by atoms with van der Waals surface area (Å²) in [7, 11) is 1.54. The van der Waals surface area contributed by atoms with E-state index in [-0.39, 0.29) is 11.9 Å². The Labute approximate surface area is 141 Å². The van der Waals surface area contributed by atoms with Crippen molar-refractivity contribution in [3.05, 3.63) is 48.8 Å². The fourth-order valence-corrected chi connectivity index (χ4v) is 3.89. The number of halogens is 3. The first-order valence-corrected chi connectivity index (χ1v) is 8.54. The van der Waals surface area contributed by atoms with Gasteiger partial charge in [0, 0.05) is 16.5 Å². The summed E-state index contributed by atoms with van der Waals surface area (Å²) in [4.78, 5) is 1.01. The number of methoxy groups -OCH3 is 1. The summed E-state index contributed by atoms with van der Waals surface area (Å²) in [5.41, 5.74) is 1.90. The van der Waals surface area contributed by atoms with Crippen molar-refractivity contribution in [2.24, 2.45) is 0 Å². The molecule has 2 nitrogen and oxygen atoms in total. The number of rotatable bonds is 5. The van der Waals surface area contributed by atoms with E-state index >= 15 is 0 Å². The van der Waals surface area contributed by atoms with Gasteiger partial charge in [0.15, 0.2) is 0 Å². The third kappa shape index (κ3) is 3.42. The van der Waals surface area contributed by atoms with Gasteiger partial charge in [0.2, 0.25) is 0 Å². The van der Waals surface area contributed by atoms with Crippen molar-refractivity contribution in [2.75, 3.05) is 13.7 Å². The average molecular weight is 393 g/mol. The summed E-state index contributed by atoms with van der Waals surface area (Å²) in [5.74, 6) is 0.156. The third-order valence-electron chi connectivity index (χ3n) is 3.18. The third-order valence-corrected chi connectivity index (χ3v) is 5.57. The van der Waals surface area contributed by atoms with Crippen LogP contribution in [0, 0.1) is 12.7 Å². The second-order valence-corrected chi connectivity index (χ2v) is 6.74. The van der Waals surface area contributed by atoms with Crippen LogP contribution < -0.4 is 10.1 Å². The molecular weight excluding hydrogens is 377 g/mol. The molecule has 0 bridgehead atoms. The maximum Gasteiger partial charge on any atom is 0.141 e. The SMILES string of the molecule is CCNC(c1cc(Br)c(F)cc1OC)c1scc(C)c1Cl. The van der Waals surface area contributed by atoms with E-state index in [0.717, 1.165) is 27.6 Å². The molecule has 1 heterocycles. The summed E-state index contributed by atoms with van der Waals surface area (Å²) in [6, 6.07) is 3.00. The molecule has 1 aromatic heterocycles. The highest BCUT2D eigenvalue weighted by molar-refractivity contribution is 9.10. The molecule has 21 heavy (non-hydrogen) atoms. The Kier molecular flexibility index (Phi) is 5.66. The number of thiophene rings is 1. The van der Waals surface area contributed by atoms with Crippen LogP contribution in [0.4, 0.5) is 4.39 Å². The van der Waals surface area contributed by atoms with Gasteiger partial charge in [-0.15, -0.1) is 11.3 Å². The Morgan fingerprint density at radius 3 is 2.71 bits per heavy atom. The van der Waals surface area contributed by atoms with Crippen molar-refractivity contribution in [1.29, 1.82) is 0 Å². The minimum atomic E-state index is -0.348. The highest BCUT2D eigenvalue weighted by atomic mass is 79.9. The average Bonchev–Trinajstić information content (AvgIpc) is 2.79. The zero-order chi connectivity index (χ0) is 15.6. The first kappa shape index (κ1) is 16.7. The molecule has 6 heteroatoms. The molecule has 0 amide bonds. The monoisotopic (exact) mass is 391 g/mol. The number of ether oxygens (including phenoxy) is 1. The molecule has 0 spiro atoms. The lowest BCUT2D eigenvalue weighted by Gasteiger charge is -2.21. The molecule has 0 saturated heterocycles. The van der Waals surface area contributed by atoms with E-state index < -0.39 is 0 Å². The number of hydrogen-bond acceptors (Lipinski definition) is 3. The molecule has 0 aliphatic rings. The van der Waals surface area contributed by atoms with Gasteiger partial charge >= 0.3 is 0 Å². The van der Waals surface area contributed by atoms with E-state index in [4.69, 9.17) is 16.3 Å². The van der Waals surface area contributed by atoms with Crippen molar-refractivity contribution >= 4 is 38.9 Å². The Morgan fingerprint density at radius 2 is 2.19 bits per heavy atom. The predicted octanol–water partition coefficient (Wildman–Crippen LogP) is 5.32. The molecule has 2 rings (SSSR count). The predicted molar refractivity (Wildman–Crippen MR) is 90.2 cm³/mol. The summed E-state index contributed by atoms with van der Waals surface area (Å²) < 4.78 is 19.5. The van der Waals surface area contributed by atoms with E-state index in [9.17, 15) is 4.39 Å². The highest BCUT2D eigenvalue weighted by Crippen LogP contribution is 2.40. The van der Waals surface area contributed by atoms with Crippen LogP contribution in [0.1, 0.15) is 29.0 Å². The maximum atomic E-state index is 13.7. The fraction of sp³-hybridized carbons (Fsp3) is 0.333. The van der Waals surface area contributed by atoms with Crippen LogP contribution in [0.3, 0.4) is 0 Å². The van der Waals surface area contributed by atoms with E-state index in [2.05, 4.69) is 21.2 Å². The first-order valence-electron chi connectivity index (χ1n) is 6.49. The van der Waals surface area contributed by atoms with Crippen LogP contribution in [-0.4, -0.2) is 13.7 Å². The Morgan fingerprint density at radius 1 is 1.48 bits per heavy atom. The van der Waals surface area contributed by atoms with Crippen LogP contribution in [0.25, 0.3) is 0 Å². The van der Waals surface area contributed by atoms with Gasteiger partial charge in [-0.2, -0.15) is 0 Å². The van der Waals surface area contributed by atoms with Crippen molar-refractivity contribution in [2.45, 2.75) is 19.9 Å². The van der Waals surface area contributed by atoms with E-state index in [1.54, 1.807) is 17.4 Å². The normalized spacial score (nSPS) is 12.5. The van der Waals surface area contributed by atoms with E-state index in [1.807, 2.05) is 19.2 Å². The molecule has 0 saturated carbocycles. The standard InChI is InChI=1S/C15H16BrClFNOS/c1-4-19-14(15-13(17)8(2)7-21-15)9-5-10(16)11(18)6-12(9)20-3/h5-7,14,19H,4H2,1-3H3. The quantitative estimate of drug-likeness (QED) is 0.743. The van der Waals surface area contributed by atoms with Crippen LogP contribution in [0.2, 0.25) is 5.02 Å². The maximum absolute atomic E-state index is 13.7. The van der Waals surface area contributed by atoms with Crippen LogP contribution >= 0.6 is 38.9 Å². The number of hydrogen-bond donors (Lipinski definition) is 1. The zero-order valence-electron chi connectivity index (χ0n) is 12.0. The van der Waals surface area contributed by atoms with Crippen LogP contribution in [-0.2, 0) is 0 Å². The molecular formula is C15H16BrClFNOS. The van der Waals surface area contributed by atoms with Gasteiger partial charge in [-0.25, -0.2) is 4.39 Å². The number of aryl methyl sites for hydroxylation is 1. The van der Waals surface area contributed by atoms with Gasteiger partial charge in [0.25, 0.3) is 0 Å². The first-order chi connectivity index (χ1) is 9.99. The van der Waals surface area contributed by atoms with Gasteiger partial charge in [-0.1, -0.05) is 18.5 Å². The second kappa shape index (κ2) is 7.09. The lowest BCUT2D eigenvalue weighted by molar-refractivity contribution is 0.400. The Bertz CT molecular complexity index is 647. The Balaban J connectivity index is 2.57. The van der Waals surface area contributed by atoms with Crippen LogP contribution in [0.5, 0.6) is 5.75 Å². The lowest BCUT2D eigenvalue weighted by atomic mass is 10.0. The minimum Gasteiger partial charge on any atom is -0.496 e. The zero-order valence-corrected chi connectivity index (χ0v) is 15.1. The lowest BCUT2D eigenvalue weighted by Crippen LogP contribution is -2.22. The molecule has 1 aromatic carbocycles. The van der Waals surface area contributed by atoms with Crippen molar-refractivity contribution in [1.82, 2.24) is 5.32 Å². The highest BCUT2D eigenvalue weighted by Gasteiger charge is 2.23. The second-order valence-electron chi connectivity index (χ2n) is 4.60. The smallest absolute Gasteiger partial charge is 0.141 e. The molecule has 1 unspecified atom stereocenters. The topological polar surface area (TPSA) is 21.3 Å². The number of benzene rings is 1. The molecule has 1 N–H and O–H groups in total. The van der Waals surface area contributed by atoms with Crippen molar-refractivity contribution in [3.8, 4) is 5.75 Å². The summed E-state index contributed by atoms with van der Waals surface area (Å²) in [5, 5.41) is 6.16. The Hall–Kier alpha value is -0.620. The summed E-state index contributed by atoms with van der Waals surface area (Å²) >= 11 is 11.2. The van der Waals surface area contributed by atoms with Gasteiger partial charge in [-0.05, 0) is 46.4 Å². The molecule has 2 aromatic rings. The van der Waals surface area contributed by atoms with Gasteiger partial charge < -0.3 is 10.1 Å². The molecule has 0 radical (unpaired) electrons. The van der Waals surface area contributed by atoms with Gasteiger partial charge in [0.1, 0.15) is 11.6 Å².